The molecule has 0 spiro atoms. The van der Waals surface area contributed by atoms with E-state index in [0.717, 1.165) is 41.7 Å². The third kappa shape index (κ3) is 3.74. The molecule has 0 saturated heterocycles. The quantitative estimate of drug-likeness (QED) is 0.670. The van der Waals surface area contributed by atoms with E-state index in [9.17, 15) is 18.6 Å². The lowest BCUT2D eigenvalue weighted by atomic mass is 9.87. The van der Waals surface area contributed by atoms with Crippen molar-refractivity contribution < 1.29 is 27.6 Å². The Bertz CT molecular complexity index is 1010. The largest absolute Gasteiger partial charge is 0.507 e. The van der Waals surface area contributed by atoms with Gasteiger partial charge in [-0.25, -0.2) is 0 Å². The standard InChI is InChI=1S/C22H26O6S/c1-13-3-7-18(8-4-13)29(25,26)28-12-17(23)10-16-11-19(27-2)20-14-5-6-15(9-14)21(20)22(16)24/h3-4,7-8,11,14-15,17,23-24H,5-6,9-10,12H2,1-2H3/t14-,15+,17+/m1/s1. The summed E-state index contributed by atoms with van der Waals surface area (Å²) in [5.41, 5.74) is 3.53. The normalized spacial score (nSPS) is 21.2. The molecule has 2 aromatic carbocycles. The zero-order valence-electron chi connectivity index (χ0n) is 16.6. The molecule has 2 bridgehead atoms. The molecule has 2 aliphatic carbocycles. The highest BCUT2D eigenvalue weighted by molar-refractivity contribution is 7.86. The van der Waals surface area contributed by atoms with Crippen LogP contribution >= 0.6 is 0 Å². The number of aliphatic hydroxyl groups is 1. The van der Waals surface area contributed by atoms with Gasteiger partial charge >= 0.3 is 0 Å². The summed E-state index contributed by atoms with van der Waals surface area (Å²) in [5.74, 6) is 1.70. The van der Waals surface area contributed by atoms with E-state index in [1.807, 2.05) is 6.92 Å². The monoisotopic (exact) mass is 418 g/mol. The first-order valence-corrected chi connectivity index (χ1v) is 11.3. The Morgan fingerprint density at radius 3 is 2.45 bits per heavy atom. The number of ether oxygens (including phenoxy) is 1. The van der Waals surface area contributed by atoms with Gasteiger partial charge in [-0.15, -0.1) is 0 Å². The number of aryl methyl sites for hydroxylation is 1. The molecule has 156 valence electrons. The Hall–Kier alpha value is -2.09. The predicted octanol–water partition coefficient (Wildman–Crippen LogP) is 3.38. The summed E-state index contributed by atoms with van der Waals surface area (Å²) in [4.78, 5) is 0.0494. The van der Waals surface area contributed by atoms with Crippen LogP contribution in [0.3, 0.4) is 0 Å². The molecule has 1 saturated carbocycles. The Labute approximate surface area is 171 Å². The number of methoxy groups -OCH3 is 1. The van der Waals surface area contributed by atoms with Crippen LogP contribution < -0.4 is 4.74 Å². The third-order valence-corrected chi connectivity index (χ3v) is 7.37. The fourth-order valence-corrected chi connectivity index (χ4v) is 5.60. The van der Waals surface area contributed by atoms with E-state index in [-0.39, 0.29) is 23.7 Å². The molecule has 0 radical (unpaired) electrons. The first-order chi connectivity index (χ1) is 13.8. The van der Waals surface area contributed by atoms with Crippen LogP contribution in [0.25, 0.3) is 0 Å². The number of hydrogen-bond donors (Lipinski definition) is 2. The first kappa shape index (κ1) is 20.2. The van der Waals surface area contributed by atoms with Crippen molar-refractivity contribution in [2.45, 2.75) is 55.4 Å². The third-order valence-electron chi connectivity index (χ3n) is 6.07. The van der Waals surface area contributed by atoms with Gasteiger partial charge in [-0.3, -0.25) is 4.18 Å². The molecule has 2 aromatic rings. The van der Waals surface area contributed by atoms with Gasteiger partial charge in [0.25, 0.3) is 10.1 Å². The minimum atomic E-state index is -3.95. The zero-order valence-corrected chi connectivity index (χ0v) is 17.4. The van der Waals surface area contributed by atoms with E-state index < -0.39 is 16.2 Å². The number of rotatable bonds is 7. The number of aliphatic hydroxyl groups excluding tert-OH is 1. The van der Waals surface area contributed by atoms with Crippen LogP contribution in [-0.4, -0.2) is 38.5 Å². The fraction of sp³-hybridized carbons (Fsp3) is 0.455. The van der Waals surface area contributed by atoms with Gasteiger partial charge in [0.15, 0.2) is 0 Å². The summed E-state index contributed by atoms with van der Waals surface area (Å²) >= 11 is 0. The molecule has 7 heteroatoms. The number of aromatic hydroxyl groups is 1. The molecular formula is C22H26O6S. The molecule has 6 nitrogen and oxygen atoms in total. The second kappa shape index (κ2) is 7.63. The average Bonchev–Trinajstić information content (AvgIpc) is 3.31. The minimum absolute atomic E-state index is 0.0494. The number of phenols is 1. The van der Waals surface area contributed by atoms with Crippen molar-refractivity contribution in [3.05, 3.63) is 52.6 Å². The van der Waals surface area contributed by atoms with Crippen molar-refractivity contribution in [1.82, 2.24) is 0 Å². The van der Waals surface area contributed by atoms with Crippen LogP contribution in [0.15, 0.2) is 35.2 Å². The van der Waals surface area contributed by atoms with E-state index in [0.29, 0.717) is 17.4 Å². The van der Waals surface area contributed by atoms with Crippen LogP contribution in [0.5, 0.6) is 11.5 Å². The molecule has 0 unspecified atom stereocenters. The minimum Gasteiger partial charge on any atom is -0.507 e. The molecule has 2 aliphatic rings. The van der Waals surface area contributed by atoms with Crippen LogP contribution in [0.4, 0.5) is 0 Å². The molecule has 3 atom stereocenters. The van der Waals surface area contributed by atoms with Gasteiger partial charge in [-0.05, 0) is 56.2 Å². The number of fused-ring (bicyclic) bond motifs is 5. The molecule has 1 fully saturated rings. The lowest BCUT2D eigenvalue weighted by Gasteiger charge is -2.22. The highest BCUT2D eigenvalue weighted by Crippen LogP contribution is 2.59. The van der Waals surface area contributed by atoms with E-state index in [1.54, 1.807) is 25.3 Å². The summed E-state index contributed by atoms with van der Waals surface area (Å²) < 4.78 is 35.2. The van der Waals surface area contributed by atoms with Crippen LogP contribution in [0.2, 0.25) is 0 Å². The molecule has 0 aliphatic heterocycles. The summed E-state index contributed by atoms with van der Waals surface area (Å²) in [6, 6.07) is 8.09. The lowest BCUT2D eigenvalue weighted by Crippen LogP contribution is -2.21. The Morgan fingerprint density at radius 1 is 1.14 bits per heavy atom. The van der Waals surface area contributed by atoms with Crippen molar-refractivity contribution in [1.29, 1.82) is 0 Å². The van der Waals surface area contributed by atoms with E-state index in [1.165, 1.54) is 12.1 Å². The summed E-state index contributed by atoms with van der Waals surface area (Å²) in [5, 5.41) is 21.2. The Balaban J connectivity index is 1.48. The van der Waals surface area contributed by atoms with Gasteiger partial charge in [0.05, 0.1) is 24.7 Å². The van der Waals surface area contributed by atoms with Gasteiger partial charge in [0, 0.05) is 23.1 Å². The van der Waals surface area contributed by atoms with Gasteiger partial charge in [-0.1, -0.05) is 17.7 Å². The van der Waals surface area contributed by atoms with Crippen molar-refractivity contribution in [2.75, 3.05) is 13.7 Å². The molecule has 2 N–H and O–H groups in total. The number of hydrogen-bond acceptors (Lipinski definition) is 6. The van der Waals surface area contributed by atoms with Crippen LogP contribution in [-0.2, 0) is 20.7 Å². The Morgan fingerprint density at radius 2 is 1.79 bits per heavy atom. The number of phenolic OH excluding ortho intramolecular Hbond substituents is 1. The van der Waals surface area contributed by atoms with Crippen molar-refractivity contribution in [3.8, 4) is 11.5 Å². The summed E-state index contributed by atoms with van der Waals surface area (Å²) in [7, 11) is -2.34. The molecule has 0 aromatic heterocycles. The maximum absolute atomic E-state index is 12.3. The fourth-order valence-electron chi connectivity index (χ4n) is 4.66. The summed E-state index contributed by atoms with van der Waals surface area (Å²) in [6.07, 6.45) is 2.19. The zero-order chi connectivity index (χ0) is 20.8. The van der Waals surface area contributed by atoms with Crippen LogP contribution in [0, 0.1) is 6.92 Å². The smallest absolute Gasteiger partial charge is 0.297 e. The SMILES string of the molecule is COc1cc(C[C@H](O)COS(=O)(=O)c2ccc(C)cc2)c(O)c2c1[C@@H]1CC[C@H]2C1. The molecule has 0 heterocycles. The molecular weight excluding hydrogens is 392 g/mol. The van der Waals surface area contributed by atoms with Gasteiger partial charge < -0.3 is 14.9 Å². The number of benzene rings is 2. The predicted molar refractivity (Wildman–Crippen MR) is 108 cm³/mol. The van der Waals surface area contributed by atoms with Gasteiger partial charge in [0.2, 0.25) is 0 Å². The van der Waals surface area contributed by atoms with Gasteiger partial charge in [0.1, 0.15) is 11.5 Å². The highest BCUT2D eigenvalue weighted by Gasteiger charge is 2.41. The van der Waals surface area contributed by atoms with E-state index >= 15 is 0 Å². The molecule has 29 heavy (non-hydrogen) atoms. The second-order valence-corrected chi connectivity index (χ2v) is 9.65. The first-order valence-electron chi connectivity index (χ1n) is 9.87. The molecule has 4 rings (SSSR count). The van der Waals surface area contributed by atoms with Crippen molar-refractivity contribution in [2.24, 2.45) is 0 Å². The van der Waals surface area contributed by atoms with Gasteiger partial charge in [-0.2, -0.15) is 8.42 Å². The van der Waals surface area contributed by atoms with E-state index in [4.69, 9.17) is 8.92 Å². The van der Waals surface area contributed by atoms with Crippen molar-refractivity contribution in [3.63, 3.8) is 0 Å². The van der Waals surface area contributed by atoms with Crippen molar-refractivity contribution >= 4 is 10.1 Å². The lowest BCUT2D eigenvalue weighted by molar-refractivity contribution is 0.110. The second-order valence-electron chi connectivity index (χ2n) is 8.03. The maximum atomic E-state index is 12.3. The Kier molecular flexibility index (Phi) is 5.31. The molecule has 0 amide bonds. The topological polar surface area (TPSA) is 93.1 Å². The maximum Gasteiger partial charge on any atom is 0.297 e. The van der Waals surface area contributed by atoms with E-state index in [2.05, 4.69) is 0 Å². The van der Waals surface area contributed by atoms with Crippen LogP contribution in [0.1, 0.15) is 53.4 Å². The summed E-state index contributed by atoms with van der Waals surface area (Å²) in [6.45, 7) is 1.48. The average molecular weight is 419 g/mol. The highest BCUT2D eigenvalue weighted by atomic mass is 32.2.